The number of halogens is 4. The highest BCUT2D eigenvalue weighted by Crippen LogP contribution is 2.42. The Bertz CT molecular complexity index is 3750. The van der Waals surface area contributed by atoms with Crippen molar-refractivity contribution in [3.63, 3.8) is 0 Å². The fourth-order valence-electron chi connectivity index (χ4n) is 12.3. The number of hydrogen-bond donors (Lipinski definition) is 3. The van der Waals surface area contributed by atoms with Gasteiger partial charge in [-0.05, 0) is 203 Å². The number of imidazole rings is 1. The summed E-state index contributed by atoms with van der Waals surface area (Å²) in [6, 6.07) is 37.6. The number of H-pyrrole nitrogens is 2. The zero-order valence-corrected chi connectivity index (χ0v) is 52.5. The van der Waals surface area contributed by atoms with Crippen LogP contribution in [-0.4, -0.2) is 130 Å². The highest BCUT2D eigenvalue weighted by Gasteiger charge is 2.38. The van der Waals surface area contributed by atoms with Gasteiger partial charge in [-0.15, -0.1) is 0 Å². The zero-order valence-electron chi connectivity index (χ0n) is 51.0. The molecule has 3 N–H and O–H groups in total. The molecule has 3 aliphatic heterocycles. The van der Waals surface area contributed by atoms with Gasteiger partial charge in [-0.1, -0.05) is 73.2 Å². The minimum atomic E-state index is -0.496. The van der Waals surface area contributed by atoms with Gasteiger partial charge in [0, 0.05) is 101 Å². The Kier molecular flexibility index (Phi) is 22.1. The van der Waals surface area contributed by atoms with E-state index in [1.807, 2.05) is 104 Å². The third kappa shape index (κ3) is 16.7. The van der Waals surface area contributed by atoms with Crippen LogP contribution in [0.15, 0.2) is 152 Å². The molecule has 1 saturated heterocycles. The van der Waals surface area contributed by atoms with Crippen molar-refractivity contribution in [2.45, 2.75) is 89.3 Å². The Morgan fingerprint density at radius 2 is 1.01 bits per heavy atom. The molecule has 3 aromatic heterocycles. The molecule has 3 aliphatic rings. The van der Waals surface area contributed by atoms with Crippen molar-refractivity contribution in [1.29, 1.82) is 0 Å². The molecule has 2 amide bonds. The molecule has 6 aromatic carbocycles. The van der Waals surface area contributed by atoms with Gasteiger partial charge >= 0.3 is 12.2 Å². The standard InChI is InChI=1S/C36H39ClFN5O3.C35H40ClFN4O3/c37-27-8-15-33-32(24-27)31-16-21-43(36(44)46-30-13-9-28(38)10-14-30)35(34(31)41-33)26-6-11-29(12-7-26)45-23-4-2-1-3-17-39-18-5-20-42-22-19-40-25-42;1-39-19-21-40(22-20-39)17-4-2-3-5-23-43-28-11-6-25(7-12-28)34-33-30(31-24-26(36)8-15-32(31)38-33)16-18-41(34)35(42)44-29-13-9-27(37)10-14-29/h6-15,19,22,24-25,35,39,41H,1-5,16-18,20-21,23H2;6-15,24,34,38H,2-5,16-23H2,1H3. The van der Waals surface area contributed by atoms with Crippen molar-refractivity contribution >= 4 is 57.2 Å². The molecule has 0 bridgehead atoms. The summed E-state index contributed by atoms with van der Waals surface area (Å²) in [4.78, 5) is 46.5. The number of piperazine rings is 1. The first kappa shape index (κ1) is 63.6. The van der Waals surface area contributed by atoms with E-state index in [0.29, 0.717) is 60.7 Å². The molecule has 9 aromatic rings. The molecular formula is C71H79Cl2F2N9O6. The summed E-state index contributed by atoms with van der Waals surface area (Å²) in [7, 11) is 2.19. The number of aromatic nitrogens is 4. The van der Waals surface area contributed by atoms with Gasteiger partial charge in [0.25, 0.3) is 0 Å². The van der Waals surface area contributed by atoms with Crippen molar-refractivity contribution in [3.05, 3.63) is 208 Å². The number of nitrogens with one attached hydrogen (secondary N) is 3. The van der Waals surface area contributed by atoms with Gasteiger partial charge in [0.2, 0.25) is 0 Å². The van der Waals surface area contributed by atoms with Crippen molar-refractivity contribution in [3.8, 4) is 23.0 Å². The summed E-state index contributed by atoms with van der Waals surface area (Å²) in [5.74, 6) is 1.42. The second-order valence-corrected chi connectivity index (χ2v) is 24.3. The zero-order chi connectivity index (χ0) is 62.2. The number of unbranched alkanes of at least 4 members (excludes halogenated alkanes) is 6. The fraction of sp³-hybridized carbons (Fsp3) is 0.366. The van der Waals surface area contributed by atoms with Crippen LogP contribution in [0.25, 0.3) is 21.8 Å². The molecule has 0 aliphatic carbocycles. The number of nitrogens with zero attached hydrogens (tertiary/aromatic N) is 6. The molecule has 15 nitrogen and oxygen atoms in total. The molecule has 0 saturated carbocycles. The van der Waals surface area contributed by atoms with E-state index >= 15 is 0 Å². The van der Waals surface area contributed by atoms with E-state index in [4.69, 9.17) is 42.1 Å². The van der Waals surface area contributed by atoms with Crippen LogP contribution >= 0.6 is 23.2 Å². The van der Waals surface area contributed by atoms with Crippen LogP contribution in [0.3, 0.4) is 0 Å². The molecule has 472 valence electrons. The molecule has 12 rings (SSSR count). The quantitative estimate of drug-likeness (QED) is 0.0500. The number of likely N-dealkylation sites (N-methyl/N-ethyl adjacent to an activating group) is 1. The van der Waals surface area contributed by atoms with Crippen LogP contribution in [0.5, 0.6) is 23.0 Å². The maximum atomic E-state index is 13.5. The first-order valence-electron chi connectivity index (χ1n) is 31.6. The molecule has 2 unspecified atom stereocenters. The SMILES string of the molecule is CN1CCN(CCCCCCOc2ccc(C3c4[nH]c5ccc(Cl)cc5c4CCN3C(=O)Oc3ccc(F)cc3)cc2)CC1.O=C(Oc1ccc(F)cc1)N1CCc2c([nH]c3ccc(Cl)cc23)C1c1ccc(OCCCCCCNCCCn2ccnc2)cc1. The number of rotatable bonds is 24. The summed E-state index contributed by atoms with van der Waals surface area (Å²) in [5.41, 5.74) is 7.96. The summed E-state index contributed by atoms with van der Waals surface area (Å²) in [6.45, 7) is 11.2. The molecule has 0 radical (unpaired) electrons. The third-order valence-electron chi connectivity index (χ3n) is 17.2. The highest BCUT2D eigenvalue weighted by molar-refractivity contribution is 6.31. The Hall–Kier alpha value is -7.93. The van der Waals surface area contributed by atoms with Crippen LogP contribution < -0.4 is 24.3 Å². The minimum Gasteiger partial charge on any atom is -0.494 e. The van der Waals surface area contributed by atoms with Crippen molar-refractivity contribution < 1.29 is 37.3 Å². The van der Waals surface area contributed by atoms with Gasteiger partial charge in [-0.25, -0.2) is 23.4 Å². The highest BCUT2D eigenvalue weighted by atomic mass is 35.5. The van der Waals surface area contributed by atoms with E-state index in [0.717, 1.165) is 125 Å². The van der Waals surface area contributed by atoms with E-state index in [1.165, 1.54) is 101 Å². The Labute approximate surface area is 535 Å². The normalized spacial score (nSPS) is 15.9. The molecular weight excluding hydrogens is 1180 g/mol. The lowest BCUT2D eigenvalue weighted by atomic mass is 9.92. The number of amides is 2. The molecule has 6 heterocycles. The average Bonchev–Trinajstić information content (AvgIpc) is 1.59. The Morgan fingerprint density at radius 3 is 1.50 bits per heavy atom. The lowest BCUT2D eigenvalue weighted by molar-refractivity contribution is 0.134. The van der Waals surface area contributed by atoms with E-state index in [1.54, 1.807) is 9.80 Å². The number of benzene rings is 6. The van der Waals surface area contributed by atoms with Gasteiger partial charge in [-0.2, -0.15) is 0 Å². The van der Waals surface area contributed by atoms with Crippen molar-refractivity contribution in [2.24, 2.45) is 0 Å². The van der Waals surface area contributed by atoms with E-state index in [9.17, 15) is 18.4 Å². The lowest BCUT2D eigenvalue weighted by Crippen LogP contribution is -2.44. The number of carbonyl (C=O) groups is 2. The number of fused-ring (bicyclic) bond motifs is 6. The first-order valence-corrected chi connectivity index (χ1v) is 32.4. The van der Waals surface area contributed by atoms with Gasteiger partial charge in [0.05, 0.1) is 19.5 Å². The van der Waals surface area contributed by atoms with Gasteiger partial charge in [0.1, 0.15) is 46.7 Å². The van der Waals surface area contributed by atoms with Gasteiger partial charge in [0.15, 0.2) is 0 Å². The number of ether oxygens (including phenoxy) is 4. The second kappa shape index (κ2) is 31.2. The maximum absolute atomic E-state index is 13.5. The van der Waals surface area contributed by atoms with Crippen LogP contribution in [0.2, 0.25) is 10.0 Å². The molecule has 0 spiro atoms. The van der Waals surface area contributed by atoms with Gasteiger partial charge in [-0.3, -0.25) is 9.80 Å². The summed E-state index contributed by atoms with van der Waals surface area (Å²) in [6.07, 6.45) is 16.2. The van der Waals surface area contributed by atoms with Crippen LogP contribution in [0, 0.1) is 11.6 Å². The summed E-state index contributed by atoms with van der Waals surface area (Å²) in [5, 5.41) is 6.97. The van der Waals surface area contributed by atoms with Crippen LogP contribution in [0.4, 0.5) is 18.4 Å². The topological polar surface area (TPSA) is 145 Å². The van der Waals surface area contributed by atoms with Crippen molar-refractivity contribution in [2.75, 3.05) is 79.2 Å². The molecule has 90 heavy (non-hydrogen) atoms. The lowest BCUT2D eigenvalue weighted by Gasteiger charge is -2.35. The van der Waals surface area contributed by atoms with E-state index in [2.05, 4.69) is 41.7 Å². The predicted octanol–water partition coefficient (Wildman–Crippen LogP) is 15.2. The minimum absolute atomic E-state index is 0.293. The molecule has 1 fully saturated rings. The van der Waals surface area contributed by atoms with Crippen LogP contribution in [0.1, 0.15) is 104 Å². The Morgan fingerprint density at radius 1 is 0.544 bits per heavy atom. The first-order chi connectivity index (χ1) is 44.0. The second-order valence-electron chi connectivity index (χ2n) is 23.5. The van der Waals surface area contributed by atoms with Crippen molar-refractivity contribution in [1.82, 2.24) is 44.4 Å². The van der Waals surface area contributed by atoms with Gasteiger partial charge < -0.3 is 48.6 Å². The third-order valence-corrected chi connectivity index (χ3v) is 17.6. The predicted molar refractivity (Wildman–Crippen MR) is 350 cm³/mol. The molecule has 2 atom stereocenters. The summed E-state index contributed by atoms with van der Waals surface area (Å²) >= 11 is 12.7. The van der Waals surface area contributed by atoms with E-state index in [-0.39, 0.29) is 11.6 Å². The fourth-order valence-corrected chi connectivity index (χ4v) is 12.6. The number of hydrogen-bond acceptors (Lipinski definition) is 10. The maximum Gasteiger partial charge on any atom is 0.416 e. The van der Waals surface area contributed by atoms with E-state index < -0.39 is 24.3 Å². The number of aromatic amines is 2. The smallest absolute Gasteiger partial charge is 0.416 e. The summed E-state index contributed by atoms with van der Waals surface area (Å²) < 4.78 is 52.5. The number of aryl methyl sites for hydroxylation is 1. The number of carbonyl (C=O) groups excluding carboxylic acids is 2. The molecule has 19 heteroatoms. The monoisotopic (exact) mass is 1260 g/mol. The average molecular weight is 1260 g/mol. The van der Waals surface area contributed by atoms with Crippen LogP contribution in [-0.2, 0) is 19.4 Å². The Balaban J connectivity index is 0.000000185. The largest absolute Gasteiger partial charge is 0.494 e.